The second-order valence-electron chi connectivity index (χ2n) is 4.57. The highest BCUT2D eigenvalue weighted by Gasteiger charge is 2.33. The van der Waals surface area contributed by atoms with Gasteiger partial charge in [0.2, 0.25) is 0 Å². The van der Waals surface area contributed by atoms with E-state index in [9.17, 15) is 5.11 Å². The number of hydrogen-bond donors (Lipinski definition) is 2. The summed E-state index contributed by atoms with van der Waals surface area (Å²) in [5.74, 6) is 1.19. The summed E-state index contributed by atoms with van der Waals surface area (Å²) in [6.45, 7) is 0. The summed E-state index contributed by atoms with van der Waals surface area (Å²) in [5, 5.41) is 13.2. The smallest absolute Gasteiger partial charge is 0.130 e. The molecule has 1 atom stereocenters. The van der Waals surface area contributed by atoms with Gasteiger partial charge in [0.1, 0.15) is 5.75 Å². The van der Waals surface area contributed by atoms with Crippen LogP contribution < -0.4 is 5.32 Å². The maximum atomic E-state index is 9.60. The highest BCUT2D eigenvalue weighted by molar-refractivity contribution is 9.10. The van der Waals surface area contributed by atoms with Crippen molar-refractivity contribution in [2.45, 2.75) is 31.7 Å². The maximum absolute atomic E-state index is 9.60. The number of hydrogen-bond acceptors (Lipinski definition) is 2. The third-order valence-corrected chi connectivity index (χ3v) is 4.59. The zero-order chi connectivity index (χ0) is 10.4. The normalized spacial score (nSPS) is 24.5. The van der Waals surface area contributed by atoms with Crippen molar-refractivity contribution in [2.75, 3.05) is 5.32 Å². The first-order valence-electron chi connectivity index (χ1n) is 5.52. The van der Waals surface area contributed by atoms with Crippen LogP contribution in [0.15, 0.2) is 16.6 Å². The van der Waals surface area contributed by atoms with E-state index in [-0.39, 0.29) is 0 Å². The number of phenolic OH excluding ortho intramolecular Hbond substituents is 1. The Morgan fingerprint density at radius 3 is 2.80 bits per heavy atom. The summed E-state index contributed by atoms with van der Waals surface area (Å²) in [4.78, 5) is 0. The molecule has 0 amide bonds. The largest absolute Gasteiger partial charge is 0.507 e. The van der Waals surface area contributed by atoms with Gasteiger partial charge in [-0.1, -0.05) is 6.42 Å². The molecule has 3 heteroatoms. The van der Waals surface area contributed by atoms with E-state index in [1.165, 1.54) is 30.5 Å². The van der Waals surface area contributed by atoms with E-state index in [0.29, 0.717) is 11.8 Å². The third kappa shape index (κ3) is 1.44. The Balaban J connectivity index is 1.89. The van der Waals surface area contributed by atoms with Crippen molar-refractivity contribution in [3.8, 4) is 5.75 Å². The van der Waals surface area contributed by atoms with Crippen LogP contribution in [-0.4, -0.2) is 11.1 Å². The average Bonchev–Trinajstić information content (AvgIpc) is 2.53. The van der Waals surface area contributed by atoms with E-state index in [2.05, 4.69) is 21.2 Å². The molecular weight excluding hydrogens is 254 g/mol. The second-order valence-corrected chi connectivity index (χ2v) is 5.36. The Bertz CT molecular complexity index is 401. The number of rotatable bonds is 1. The predicted octanol–water partition coefficient (Wildman–Crippen LogP) is 3.29. The van der Waals surface area contributed by atoms with Gasteiger partial charge in [0, 0.05) is 11.7 Å². The van der Waals surface area contributed by atoms with Gasteiger partial charge in [-0.2, -0.15) is 0 Å². The summed E-state index contributed by atoms with van der Waals surface area (Å²) in [7, 11) is 0. The summed E-state index contributed by atoms with van der Waals surface area (Å²) < 4.78 is 0.870. The number of nitrogens with one attached hydrogen (secondary N) is 1. The molecule has 80 valence electrons. The molecule has 1 aliphatic carbocycles. The van der Waals surface area contributed by atoms with E-state index in [4.69, 9.17) is 0 Å². The molecule has 1 unspecified atom stereocenters. The first-order chi connectivity index (χ1) is 7.25. The van der Waals surface area contributed by atoms with Gasteiger partial charge < -0.3 is 10.4 Å². The lowest BCUT2D eigenvalue weighted by molar-refractivity contribution is 0.278. The molecule has 1 aromatic carbocycles. The summed E-state index contributed by atoms with van der Waals surface area (Å²) in [5.41, 5.74) is 2.43. The van der Waals surface area contributed by atoms with Gasteiger partial charge in [-0.3, -0.25) is 0 Å². The lowest BCUT2D eigenvalue weighted by atomic mass is 9.79. The van der Waals surface area contributed by atoms with Crippen molar-refractivity contribution in [1.29, 1.82) is 0 Å². The Kier molecular flexibility index (Phi) is 2.16. The minimum Gasteiger partial charge on any atom is -0.507 e. The fourth-order valence-corrected chi connectivity index (χ4v) is 3.05. The van der Waals surface area contributed by atoms with Gasteiger partial charge in [-0.25, -0.2) is 0 Å². The fourth-order valence-electron chi connectivity index (χ4n) is 2.54. The molecule has 15 heavy (non-hydrogen) atoms. The van der Waals surface area contributed by atoms with Crippen LogP contribution in [0.5, 0.6) is 5.75 Å². The molecule has 1 saturated carbocycles. The van der Waals surface area contributed by atoms with E-state index >= 15 is 0 Å². The molecule has 1 fully saturated rings. The third-order valence-electron chi connectivity index (χ3n) is 3.71. The van der Waals surface area contributed by atoms with Crippen LogP contribution in [0, 0.1) is 5.92 Å². The lowest BCUT2D eigenvalue weighted by Crippen LogP contribution is -2.31. The molecule has 0 bridgehead atoms. The zero-order valence-electron chi connectivity index (χ0n) is 8.46. The molecule has 3 rings (SSSR count). The quantitative estimate of drug-likeness (QED) is 0.766. The summed E-state index contributed by atoms with van der Waals surface area (Å²) in [6, 6.07) is 4.32. The van der Waals surface area contributed by atoms with Crippen LogP contribution in [0.2, 0.25) is 0 Å². The Morgan fingerprint density at radius 1 is 1.33 bits per heavy atom. The van der Waals surface area contributed by atoms with E-state index in [1.54, 1.807) is 6.07 Å². The van der Waals surface area contributed by atoms with Crippen molar-refractivity contribution in [3.05, 3.63) is 22.2 Å². The summed E-state index contributed by atoms with van der Waals surface area (Å²) >= 11 is 3.46. The molecule has 1 aromatic rings. The van der Waals surface area contributed by atoms with Gasteiger partial charge in [0.05, 0.1) is 4.47 Å². The van der Waals surface area contributed by atoms with E-state index in [0.717, 1.165) is 16.8 Å². The molecule has 0 aromatic heterocycles. The molecule has 1 heterocycles. The molecule has 0 spiro atoms. The molecule has 0 saturated heterocycles. The van der Waals surface area contributed by atoms with Crippen LogP contribution in [-0.2, 0) is 6.42 Å². The topological polar surface area (TPSA) is 32.3 Å². The Morgan fingerprint density at radius 2 is 2.13 bits per heavy atom. The molecule has 2 nitrogen and oxygen atoms in total. The first kappa shape index (κ1) is 9.52. The molecule has 2 aliphatic rings. The Hall–Kier alpha value is -0.700. The van der Waals surface area contributed by atoms with Gasteiger partial charge in [-0.15, -0.1) is 0 Å². The number of anilines is 1. The fraction of sp³-hybridized carbons (Fsp3) is 0.500. The molecule has 2 N–H and O–H groups in total. The standard InChI is InChI=1S/C12H14BrNO/c13-12-8-6-10(7-2-1-3-7)14-9(8)4-5-11(12)15/h4-5,7,10,14-15H,1-3,6H2. The van der Waals surface area contributed by atoms with Crippen LogP contribution in [0.1, 0.15) is 24.8 Å². The lowest BCUT2D eigenvalue weighted by Gasteiger charge is -2.31. The van der Waals surface area contributed by atoms with Crippen LogP contribution in [0.3, 0.4) is 0 Å². The predicted molar refractivity (Wildman–Crippen MR) is 64.3 cm³/mol. The number of benzene rings is 1. The highest BCUT2D eigenvalue weighted by Crippen LogP contribution is 2.42. The van der Waals surface area contributed by atoms with Crippen LogP contribution >= 0.6 is 15.9 Å². The SMILES string of the molecule is Oc1ccc2c(c1Br)CC(C1CCC1)N2. The van der Waals surface area contributed by atoms with Crippen LogP contribution in [0.4, 0.5) is 5.69 Å². The number of aromatic hydroxyl groups is 1. The zero-order valence-corrected chi connectivity index (χ0v) is 10.0. The average molecular weight is 268 g/mol. The summed E-state index contributed by atoms with van der Waals surface area (Å²) in [6.07, 6.45) is 5.14. The van der Waals surface area contributed by atoms with Gasteiger partial charge >= 0.3 is 0 Å². The number of fused-ring (bicyclic) bond motifs is 1. The number of halogens is 1. The van der Waals surface area contributed by atoms with Gasteiger partial charge in [0.25, 0.3) is 0 Å². The first-order valence-corrected chi connectivity index (χ1v) is 6.32. The van der Waals surface area contributed by atoms with Crippen molar-refractivity contribution < 1.29 is 5.11 Å². The van der Waals surface area contributed by atoms with Crippen molar-refractivity contribution >= 4 is 21.6 Å². The minimum absolute atomic E-state index is 0.352. The maximum Gasteiger partial charge on any atom is 0.130 e. The highest BCUT2D eigenvalue weighted by atomic mass is 79.9. The monoisotopic (exact) mass is 267 g/mol. The Labute approximate surface area is 97.8 Å². The minimum atomic E-state index is 0.352. The molecular formula is C12H14BrNO. The molecule has 1 aliphatic heterocycles. The number of phenols is 1. The van der Waals surface area contributed by atoms with Crippen molar-refractivity contribution in [1.82, 2.24) is 0 Å². The van der Waals surface area contributed by atoms with Gasteiger partial charge in [0.15, 0.2) is 0 Å². The van der Waals surface area contributed by atoms with E-state index in [1.807, 2.05) is 6.07 Å². The van der Waals surface area contributed by atoms with Crippen molar-refractivity contribution in [3.63, 3.8) is 0 Å². The van der Waals surface area contributed by atoms with Crippen molar-refractivity contribution in [2.24, 2.45) is 5.92 Å². The second kappa shape index (κ2) is 3.41. The van der Waals surface area contributed by atoms with Crippen LogP contribution in [0.25, 0.3) is 0 Å². The van der Waals surface area contributed by atoms with Gasteiger partial charge in [-0.05, 0) is 58.8 Å². The molecule has 0 radical (unpaired) electrons. The van der Waals surface area contributed by atoms with E-state index < -0.39 is 0 Å².